The van der Waals surface area contributed by atoms with Crippen molar-refractivity contribution in [3.05, 3.63) is 53.0 Å². The summed E-state index contributed by atoms with van der Waals surface area (Å²) in [6, 6.07) is 6.96. The summed E-state index contributed by atoms with van der Waals surface area (Å²) in [6.45, 7) is 8.79. The Balaban J connectivity index is 2.15. The first kappa shape index (κ1) is 15.4. The predicted octanol–water partition coefficient (Wildman–Crippen LogP) is 4.13. The van der Waals surface area contributed by atoms with Gasteiger partial charge in [0, 0.05) is 30.4 Å². The number of ether oxygens (including phenoxy) is 1. The topological polar surface area (TPSA) is 34.1 Å². The van der Waals surface area contributed by atoms with Crippen molar-refractivity contribution in [3.63, 3.8) is 0 Å². The van der Waals surface area contributed by atoms with E-state index in [9.17, 15) is 4.39 Å². The molecular formula is C17H21FN2O. The van der Waals surface area contributed by atoms with Crippen LogP contribution in [-0.2, 0) is 6.54 Å². The maximum absolute atomic E-state index is 13.3. The Morgan fingerprint density at radius 3 is 2.62 bits per heavy atom. The van der Waals surface area contributed by atoms with Gasteiger partial charge in [0.15, 0.2) is 0 Å². The standard InChI is InChI=1S/C17H21FN2O/c1-11(2)19-9-14-7-13(4)17(20-10-14)21-16-8-15(18)6-5-12(16)3/h5-8,10-11,19H,9H2,1-4H3. The van der Waals surface area contributed by atoms with Crippen molar-refractivity contribution >= 4 is 0 Å². The van der Waals surface area contributed by atoms with Gasteiger partial charge in [0.1, 0.15) is 11.6 Å². The molecule has 2 aromatic rings. The van der Waals surface area contributed by atoms with E-state index in [4.69, 9.17) is 4.74 Å². The quantitative estimate of drug-likeness (QED) is 0.898. The molecule has 1 aromatic carbocycles. The number of nitrogens with one attached hydrogen (secondary N) is 1. The summed E-state index contributed by atoms with van der Waals surface area (Å²) in [6.07, 6.45) is 1.78. The van der Waals surface area contributed by atoms with Crippen LogP contribution in [0.5, 0.6) is 11.6 Å². The van der Waals surface area contributed by atoms with Crippen LogP contribution in [0.2, 0.25) is 0 Å². The van der Waals surface area contributed by atoms with E-state index in [1.54, 1.807) is 12.3 Å². The molecule has 0 aliphatic carbocycles. The van der Waals surface area contributed by atoms with Gasteiger partial charge >= 0.3 is 0 Å². The van der Waals surface area contributed by atoms with E-state index in [0.717, 1.165) is 23.2 Å². The van der Waals surface area contributed by atoms with Crippen LogP contribution < -0.4 is 10.1 Å². The van der Waals surface area contributed by atoms with E-state index >= 15 is 0 Å². The van der Waals surface area contributed by atoms with Gasteiger partial charge in [0.25, 0.3) is 0 Å². The first-order valence-electron chi connectivity index (χ1n) is 7.08. The Hall–Kier alpha value is -1.94. The van der Waals surface area contributed by atoms with Gasteiger partial charge in [-0.25, -0.2) is 9.37 Å². The third-order valence-corrected chi connectivity index (χ3v) is 3.16. The number of pyridine rings is 1. The summed E-state index contributed by atoms with van der Waals surface area (Å²) in [7, 11) is 0. The zero-order chi connectivity index (χ0) is 15.4. The molecule has 21 heavy (non-hydrogen) atoms. The summed E-state index contributed by atoms with van der Waals surface area (Å²) in [5, 5.41) is 3.34. The second kappa shape index (κ2) is 6.68. The maximum Gasteiger partial charge on any atom is 0.222 e. The molecule has 1 aromatic heterocycles. The van der Waals surface area contributed by atoms with Crippen molar-refractivity contribution < 1.29 is 9.13 Å². The average molecular weight is 288 g/mol. The molecule has 0 aliphatic rings. The monoisotopic (exact) mass is 288 g/mol. The Bertz CT molecular complexity index is 626. The first-order valence-corrected chi connectivity index (χ1v) is 7.08. The van der Waals surface area contributed by atoms with Gasteiger partial charge in [-0.05, 0) is 37.1 Å². The Morgan fingerprint density at radius 1 is 1.19 bits per heavy atom. The highest BCUT2D eigenvalue weighted by Crippen LogP contribution is 2.26. The number of hydrogen-bond donors (Lipinski definition) is 1. The smallest absolute Gasteiger partial charge is 0.222 e. The number of aromatic nitrogens is 1. The van der Waals surface area contributed by atoms with Crippen LogP contribution in [-0.4, -0.2) is 11.0 Å². The van der Waals surface area contributed by atoms with Crippen LogP contribution in [0, 0.1) is 19.7 Å². The van der Waals surface area contributed by atoms with E-state index in [1.807, 2.05) is 19.9 Å². The summed E-state index contributed by atoms with van der Waals surface area (Å²) in [5.41, 5.74) is 2.91. The van der Waals surface area contributed by atoms with Crippen LogP contribution in [0.3, 0.4) is 0 Å². The van der Waals surface area contributed by atoms with Crippen LogP contribution in [0.1, 0.15) is 30.5 Å². The highest BCUT2D eigenvalue weighted by molar-refractivity contribution is 5.38. The van der Waals surface area contributed by atoms with Crippen LogP contribution in [0.15, 0.2) is 30.5 Å². The first-order chi connectivity index (χ1) is 9.95. The van der Waals surface area contributed by atoms with Gasteiger partial charge in [0.2, 0.25) is 5.88 Å². The molecule has 2 rings (SSSR count). The minimum Gasteiger partial charge on any atom is -0.438 e. The molecule has 4 heteroatoms. The zero-order valence-electron chi connectivity index (χ0n) is 12.9. The summed E-state index contributed by atoms with van der Waals surface area (Å²) < 4.78 is 19.0. The lowest BCUT2D eigenvalue weighted by Crippen LogP contribution is -2.21. The molecule has 0 saturated carbocycles. The summed E-state index contributed by atoms with van der Waals surface area (Å²) >= 11 is 0. The van der Waals surface area contributed by atoms with E-state index < -0.39 is 0 Å². The van der Waals surface area contributed by atoms with Crippen LogP contribution in [0.25, 0.3) is 0 Å². The Kier molecular flexibility index (Phi) is 4.91. The van der Waals surface area contributed by atoms with E-state index in [0.29, 0.717) is 17.7 Å². The second-order valence-electron chi connectivity index (χ2n) is 5.51. The molecule has 1 N–H and O–H groups in total. The molecule has 0 radical (unpaired) electrons. The highest BCUT2D eigenvalue weighted by Gasteiger charge is 2.08. The van der Waals surface area contributed by atoms with Crippen LogP contribution in [0.4, 0.5) is 4.39 Å². The molecule has 112 valence electrons. The molecular weight excluding hydrogens is 267 g/mol. The normalized spacial score (nSPS) is 11.0. The van der Waals surface area contributed by atoms with Gasteiger partial charge in [-0.15, -0.1) is 0 Å². The third-order valence-electron chi connectivity index (χ3n) is 3.16. The van der Waals surface area contributed by atoms with Crippen molar-refractivity contribution in [3.8, 4) is 11.6 Å². The largest absolute Gasteiger partial charge is 0.438 e. The van der Waals surface area contributed by atoms with E-state index in [2.05, 4.69) is 24.1 Å². The molecule has 0 bridgehead atoms. The second-order valence-corrected chi connectivity index (χ2v) is 5.51. The molecule has 0 aliphatic heterocycles. The number of hydrogen-bond acceptors (Lipinski definition) is 3. The van der Waals surface area contributed by atoms with Crippen molar-refractivity contribution in [1.82, 2.24) is 10.3 Å². The number of benzene rings is 1. The minimum absolute atomic E-state index is 0.314. The van der Waals surface area contributed by atoms with Crippen molar-refractivity contribution in [2.24, 2.45) is 0 Å². The van der Waals surface area contributed by atoms with Gasteiger partial charge in [-0.3, -0.25) is 0 Å². The van der Waals surface area contributed by atoms with Crippen LogP contribution >= 0.6 is 0 Å². The summed E-state index contributed by atoms with van der Waals surface area (Å²) in [4.78, 5) is 4.34. The van der Waals surface area contributed by atoms with E-state index in [-0.39, 0.29) is 5.82 Å². The lowest BCUT2D eigenvalue weighted by Gasteiger charge is -2.12. The molecule has 0 atom stereocenters. The van der Waals surface area contributed by atoms with Crippen molar-refractivity contribution in [2.45, 2.75) is 40.3 Å². The van der Waals surface area contributed by atoms with Crippen molar-refractivity contribution in [1.29, 1.82) is 0 Å². The fourth-order valence-corrected chi connectivity index (χ4v) is 1.93. The SMILES string of the molecule is Cc1ccc(F)cc1Oc1ncc(CNC(C)C)cc1C. The molecule has 1 heterocycles. The number of halogens is 1. The van der Waals surface area contributed by atoms with Gasteiger partial charge in [-0.2, -0.15) is 0 Å². The molecule has 0 unspecified atom stereocenters. The lowest BCUT2D eigenvalue weighted by atomic mass is 10.2. The Labute approximate surface area is 125 Å². The van der Waals surface area contributed by atoms with Crippen molar-refractivity contribution in [2.75, 3.05) is 0 Å². The molecule has 0 spiro atoms. The molecule has 3 nitrogen and oxygen atoms in total. The molecule has 0 amide bonds. The third kappa shape index (κ3) is 4.26. The number of aryl methyl sites for hydroxylation is 2. The van der Waals surface area contributed by atoms with Gasteiger partial charge in [-0.1, -0.05) is 19.9 Å². The lowest BCUT2D eigenvalue weighted by molar-refractivity contribution is 0.450. The number of rotatable bonds is 5. The zero-order valence-corrected chi connectivity index (χ0v) is 12.9. The fourth-order valence-electron chi connectivity index (χ4n) is 1.93. The Morgan fingerprint density at radius 2 is 1.95 bits per heavy atom. The molecule has 0 saturated heterocycles. The summed E-state index contributed by atoms with van der Waals surface area (Å²) in [5.74, 6) is 0.696. The average Bonchev–Trinajstić information content (AvgIpc) is 2.43. The van der Waals surface area contributed by atoms with E-state index in [1.165, 1.54) is 12.1 Å². The predicted molar refractivity (Wildman–Crippen MR) is 82.2 cm³/mol. The number of nitrogens with zero attached hydrogens (tertiary/aromatic N) is 1. The minimum atomic E-state index is -0.314. The van der Waals surface area contributed by atoms with Gasteiger partial charge in [0.05, 0.1) is 0 Å². The molecule has 0 fully saturated rings. The highest BCUT2D eigenvalue weighted by atomic mass is 19.1. The fraction of sp³-hybridized carbons (Fsp3) is 0.353. The van der Waals surface area contributed by atoms with Gasteiger partial charge < -0.3 is 10.1 Å². The maximum atomic E-state index is 13.3.